The number of rotatable bonds is 4. The van der Waals surface area contributed by atoms with Crippen molar-refractivity contribution in [1.82, 2.24) is 5.32 Å². The first kappa shape index (κ1) is 13.6. The van der Waals surface area contributed by atoms with Gasteiger partial charge in [-0.15, -0.1) is 0 Å². The van der Waals surface area contributed by atoms with Gasteiger partial charge in [-0.2, -0.15) is 0 Å². The van der Waals surface area contributed by atoms with E-state index in [9.17, 15) is 0 Å². The van der Waals surface area contributed by atoms with Crippen molar-refractivity contribution in [1.29, 1.82) is 0 Å². The molecule has 0 aromatic heterocycles. The van der Waals surface area contributed by atoms with Crippen LogP contribution in [0.4, 0.5) is 0 Å². The van der Waals surface area contributed by atoms with Crippen molar-refractivity contribution in [3.8, 4) is 11.5 Å². The Balaban J connectivity index is 2.17. The molecular formula is C13H18BrNO3. The topological polar surface area (TPSA) is 39.7 Å². The number of nitrogens with one attached hydrogen (secondary N) is 1. The van der Waals surface area contributed by atoms with Crippen molar-refractivity contribution in [2.45, 2.75) is 12.5 Å². The number of hydrogen-bond donors (Lipinski definition) is 1. The van der Waals surface area contributed by atoms with Crippen LogP contribution in [0.25, 0.3) is 0 Å². The van der Waals surface area contributed by atoms with Crippen LogP contribution in [-0.4, -0.2) is 40.0 Å². The molecule has 5 heteroatoms. The highest BCUT2D eigenvalue weighted by Gasteiger charge is 2.17. The summed E-state index contributed by atoms with van der Waals surface area (Å²) < 4.78 is 17.3. The van der Waals surface area contributed by atoms with Gasteiger partial charge in [0.2, 0.25) is 0 Å². The molecule has 2 rings (SSSR count). The lowest BCUT2D eigenvalue weighted by molar-refractivity contribution is 0.0289. The van der Waals surface area contributed by atoms with E-state index >= 15 is 0 Å². The van der Waals surface area contributed by atoms with Crippen molar-refractivity contribution < 1.29 is 14.2 Å². The molecule has 0 unspecified atom stereocenters. The van der Waals surface area contributed by atoms with Gasteiger partial charge in [-0.25, -0.2) is 0 Å². The van der Waals surface area contributed by atoms with E-state index in [1.807, 2.05) is 12.1 Å². The first-order valence-corrected chi connectivity index (χ1v) is 6.76. The molecule has 0 saturated carbocycles. The van der Waals surface area contributed by atoms with Gasteiger partial charge in [0.15, 0.2) is 0 Å². The van der Waals surface area contributed by atoms with Crippen molar-refractivity contribution in [2.75, 3.05) is 33.9 Å². The summed E-state index contributed by atoms with van der Waals surface area (Å²) in [6.07, 6.45) is 1.03. The average molecular weight is 316 g/mol. The standard InChI is InChI=1S/C13H18BrNO3/c1-16-12-7-13(17-2)11(14)6-9(12)5-10-8-15-3-4-18-10/h6-7,10,15H,3-5,8H2,1-2H3/t10-/m1/s1. The van der Waals surface area contributed by atoms with Crippen LogP contribution in [0.2, 0.25) is 0 Å². The molecule has 0 bridgehead atoms. The van der Waals surface area contributed by atoms with Gasteiger partial charge in [-0.1, -0.05) is 0 Å². The highest BCUT2D eigenvalue weighted by Crippen LogP contribution is 2.33. The fraction of sp³-hybridized carbons (Fsp3) is 0.538. The lowest BCUT2D eigenvalue weighted by atomic mass is 10.1. The number of morpholine rings is 1. The predicted molar refractivity (Wildman–Crippen MR) is 73.6 cm³/mol. The van der Waals surface area contributed by atoms with E-state index in [0.717, 1.165) is 47.7 Å². The van der Waals surface area contributed by atoms with Crippen molar-refractivity contribution in [3.63, 3.8) is 0 Å². The minimum absolute atomic E-state index is 0.202. The van der Waals surface area contributed by atoms with E-state index in [0.29, 0.717) is 0 Å². The van der Waals surface area contributed by atoms with Gasteiger partial charge in [0.05, 0.1) is 31.4 Å². The minimum atomic E-state index is 0.202. The zero-order valence-corrected chi connectivity index (χ0v) is 12.2. The molecule has 1 atom stereocenters. The SMILES string of the molecule is COc1cc(OC)c(C[C@@H]2CNCCO2)cc1Br. The fourth-order valence-corrected chi connectivity index (χ4v) is 2.63. The Morgan fingerprint density at radius 2 is 2.11 bits per heavy atom. The Morgan fingerprint density at radius 3 is 2.72 bits per heavy atom. The van der Waals surface area contributed by atoms with Crippen LogP contribution in [0.15, 0.2) is 16.6 Å². The van der Waals surface area contributed by atoms with E-state index in [1.54, 1.807) is 14.2 Å². The maximum atomic E-state index is 5.71. The summed E-state index contributed by atoms with van der Waals surface area (Å²) in [4.78, 5) is 0. The largest absolute Gasteiger partial charge is 0.496 e. The molecule has 1 heterocycles. The molecule has 0 aliphatic carbocycles. The molecule has 1 fully saturated rings. The highest BCUT2D eigenvalue weighted by molar-refractivity contribution is 9.10. The Bertz CT molecular complexity index is 405. The molecule has 18 heavy (non-hydrogen) atoms. The summed E-state index contributed by atoms with van der Waals surface area (Å²) in [5, 5.41) is 3.33. The Hall–Kier alpha value is -0.780. The minimum Gasteiger partial charge on any atom is -0.496 e. The summed E-state index contributed by atoms with van der Waals surface area (Å²) in [7, 11) is 3.32. The zero-order valence-electron chi connectivity index (χ0n) is 10.7. The second-order valence-corrected chi connectivity index (χ2v) is 5.05. The molecule has 4 nitrogen and oxygen atoms in total. The molecule has 1 aromatic rings. The number of halogens is 1. The van der Waals surface area contributed by atoms with Gasteiger partial charge in [0, 0.05) is 25.6 Å². The first-order chi connectivity index (χ1) is 8.74. The van der Waals surface area contributed by atoms with Crippen LogP contribution in [0.5, 0.6) is 11.5 Å². The van der Waals surface area contributed by atoms with Gasteiger partial charge in [-0.3, -0.25) is 0 Å². The fourth-order valence-electron chi connectivity index (χ4n) is 2.08. The molecule has 100 valence electrons. The zero-order chi connectivity index (χ0) is 13.0. The third-order valence-corrected chi connectivity index (χ3v) is 3.63. The van der Waals surface area contributed by atoms with Gasteiger partial charge in [0.25, 0.3) is 0 Å². The van der Waals surface area contributed by atoms with Crippen LogP contribution in [0, 0.1) is 0 Å². The molecular weight excluding hydrogens is 298 g/mol. The predicted octanol–water partition coefficient (Wildman–Crippen LogP) is 2.00. The van der Waals surface area contributed by atoms with E-state index < -0.39 is 0 Å². The number of ether oxygens (including phenoxy) is 3. The van der Waals surface area contributed by atoms with Crippen molar-refractivity contribution in [2.24, 2.45) is 0 Å². The molecule has 1 N–H and O–H groups in total. The van der Waals surface area contributed by atoms with Crippen LogP contribution in [0.3, 0.4) is 0 Å². The van der Waals surface area contributed by atoms with E-state index in [-0.39, 0.29) is 6.10 Å². The van der Waals surface area contributed by atoms with Crippen molar-refractivity contribution >= 4 is 15.9 Å². The van der Waals surface area contributed by atoms with E-state index in [4.69, 9.17) is 14.2 Å². The quantitative estimate of drug-likeness (QED) is 0.922. The van der Waals surface area contributed by atoms with Gasteiger partial charge in [-0.05, 0) is 27.6 Å². The van der Waals surface area contributed by atoms with Gasteiger partial charge < -0.3 is 19.5 Å². The summed E-state index contributed by atoms with van der Waals surface area (Å²) in [6.45, 7) is 2.58. The second kappa shape index (κ2) is 6.41. The maximum absolute atomic E-state index is 5.71. The lowest BCUT2D eigenvalue weighted by Crippen LogP contribution is -2.39. The smallest absolute Gasteiger partial charge is 0.136 e. The van der Waals surface area contributed by atoms with Crippen LogP contribution >= 0.6 is 15.9 Å². The Kier molecular flexibility index (Phi) is 4.86. The molecule has 1 aliphatic heterocycles. The normalized spacial score (nSPS) is 19.6. The average Bonchev–Trinajstić information content (AvgIpc) is 2.40. The number of benzene rings is 1. The first-order valence-electron chi connectivity index (χ1n) is 5.97. The molecule has 1 aliphatic rings. The third-order valence-electron chi connectivity index (χ3n) is 3.01. The second-order valence-electron chi connectivity index (χ2n) is 4.20. The lowest BCUT2D eigenvalue weighted by Gasteiger charge is -2.24. The van der Waals surface area contributed by atoms with Crippen LogP contribution in [-0.2, 0) is 11.2 Å². The Labute approximate surface area is 116 Å². The van der Waals surface area contributed by atoms with E-state index in [1.165, 1.54) is 0 Å². The Morgan fingerprint density at radius 1 is 1.33 bits per heavy atom. The van der Waals surface area contributed by atoms with Gasteiger partial charge >= 0.3 is 0 Å². The summed E-state index contributed by atoms with van der Waals surface area (Å²) in [5.41, 5.74) is 1.12. The monoisotopic (exact) mass is 315 g/mol. The van der Waals surface area contributed by atoms with Crippen molar-refractivity contribution in [3.05, 3.63) is 22.2 Å². The number of methoxy groups -OCH3 is 2. The molecule has 0 amide bonds. The maximum Gasteiger partial charge on any atom is 0.136 e. The van der Waals surface area contributed by atoms with Crippen LogP contribution in [0.1, 0.15) is 5.56 Å². The third kappa shape index (κ3) is 3.16. The van der Waals surface area contributed by atoms with Gasteiger partial charge in [0.1, 0.15) is 11.5 Å². The number of hydrogen-bond acceptors (Lipinski definition) is 4. The molecule has 1 aromatic carbocycles. The molecule has 0 spiro atoms. The van der Waals surface area contributed by atoms with E-state index in [2.05, 4.69) is 21.2 Å². The summed E-state index contributed by atoms with van der Waals surface area (Å²) in [6, 6.07) is 3.94. The molecule has 1 saturated heterocycles. The summed E-state index contributed by atoms with van der Waals surface area (Å²) in [5.74, 6) is 1.61. The summed E-state index contributed by atoms with van der Waals surface area (Å²) >= 11 is 3.50. The van der Waals surface area contributed by atoms with Crippen LogP contribution < -0.4 is 14.8 Å². The highest BCUT2D eigenvalue weighted by atomic mass is 79.9. The molecule has 0 radical (unpaired) electrons.